The molecular weight excluding hydrogens is 346 g/mol. The quantitative estimate of drug-likeness (QED) is 0.631. The number of benzene rings is 1. The number of halogens is 1. The van der Waals surface area contributed by atoms with Gasteiger partial charge < -0.3 is 10.4 Å². The topological polar surface area (TPSA) is 90.0 Å². The van der Waals surface area contributed by atoms with Gasteiger partial charge in [-0.3, -0.25) is 4.79 Å². The van der Waals surface area contributed by atoms with Crippen LogP contribution in [-0.2, 0) is 9.59 Å². The Labute approximate surface area is 150 Å². The normalized spacial score (nSPS) is 24.7. The summed E-state index contributed by atoms with van der Waals surface area (Å²) in [5.74, 6) is -1.97. The number of rotatable bonds is 4. The number of carbonyl (C=O) groups is 3. The van der Waals surface area contributed by atoms with Crippen LogP contribution in [0.1, 0.15) is 19.3 Å². The Morgan fingerprint density at radius 2 is 1.84 bits per heavy atom. The van der Waals surface area contributed by atoms with E-state index >= 15 is 0 Å². The highest BCUT2D eigenvalue weighted by molar-refractivity contribution is 6.13. The van der Waals surface area contributed by atoms with Gasteiger partial charge in [0, 0.05) is 18.8 Å². The van der Waals surface area contributed by atoms with Crippen LogP contribution in [0.2, 0.25) is 0 Å². The molecule has 3 rings (SSSR count). The molecule has 2 N–H and O–H groups in total. The Kier molecular flexibility index (Phi) is 5.24. The summed E-state index contributed by atoms with van der Waals surface area (Å²) in [6, 6.07) is 6.83. The van der Waals surface area contributed by atoms with E-state index in [1.807, 2.05) is 0 Å². The molecule has 2 heterocycles. The summed E-state index contributed by atoms with van der Waals surface area (Å²) >= 11 is 5.93. The highest BCUT2D eigenvalue weighted by atomic mass is 35.5. The van der Waals surface area contributed by atoms with Crippen molar-refractivity contribution < 1.29 is 19.5 Å². The lowest BCUT2D eigenvalue weighted by atomic mass is 9.78. The number of hydrogen-bond donors (Lipinski definition) is 2. The first kappa shape index (κ1) is 17.7. The lowest BCUT2D eigenvalue weighted by molar-refractivity contribution is -0.166. The third kappa shape index (κ3) is 3.77. The molecule has 134 valence electrons. The van der Waals surface area contributed by atoms with Gasteiger partial charge in [0.1, 0.15) is 0 Å². The maximum Gasteiger partial charge on any atom is 0.329 e. The molecule has 0 aliphatic carbocycles. The van der Waals surface area contributed by atoms with Gasteiger partial charge in [-0.1, -0.05) is 18.2 Å². The highest BCUT2D eigenvalue weighted by Crippen LogP contribution is 2.36. The average Bonchev–Trinajstić information content (AvgIpc) is 2.59. The number of para-hydroxylation sites is 1. The Morgan fingerprint density at radius 3 is 2.44 bits per heavy atom. The van der Waals surface area contributed by atoms with Crippen molar-refractivity contribution in [3.8, 4) is 0 Å². The Hall–Kier alpha value is -2.12. The fraction of sp³-hybridized carbons (Fsp3) is 0.471. The monoisotopic (exact) mass is 365 g/mol. The predicted molar refractivity (Wildman–Crippen MR) is 92.0 cm³/mol. The molecule has 3 amide bonds. The zero-order valence-corrected chi connectivity index (χ0v) is 14.4. The molecule has 0 aromatic heterocycles. The molecular formula is C17H20ClN3O4. The molecule has 0 bridgehead atoms. The van der Waals surface area contributed by atoms with E-state index in [-0.39, 0.29) is 5.92 Å². The number of carboxylic acids is 1. The predicted octanol–water partition coefficient (Wildman–Crippen LogP) is 2.39. The summed E-state index contributed by atoms with van der Waals surface area (Å²) in [6.07, 6.45) is 2.14. The van der Waals surface area contributed by atoms with E-state index in [2.05, 4.69) is 5.32 Å². The molecule has 2 aliphatic rings. The van der Waals surface area contributed by atoms with Gasteiger partial charge in [-0.05, 0) is 49.1 Å². The van der Waals surface area contributed by atoms with Crippen LogP contribution in [-0.4, -0.2) is 51.5 Å². The minimum Gasteiger partial charge on any atom is -0.480 e. The number of aliphatic carboxylic acids is 1. The van der Waals surface area contributed by atoms with Crippen LogP contribution < -0.4 is 5.32 Å². The van der Waals surface area contributed by atoms with Gasteiger partial charge in [0.05, 0.1) is 5.92 Å². The molecule has 2 atom stereocenters. The fourth-order valence-electron chi connectivity index (χ4n) is 3.49. The zero-order chi connectivity index (χ0) is 18.0. The summed E-state index contributed by atoms with van der Waals surface area (Å²) in [5.41, 5.74) is 0.516. The lowest BCUT2D eigenvalue weighted by Gasteiger charge is -2.44. The molecule has 2 fully saturated rings. The molecule has 1 unspecified atom stereocenters. The van der Waals surface area contributed by atoms with Gasteiger partial charge >= 0.3 is 12.0 Å². The number of hydrogen-bond acceptors (Lipinski definition) is 4. The number of nitrogens with zero attached hydrogens (tertiary/aromatic N) is 2. The van der Waals surface area contributed by atoms with Crippen molar-refractivity contribution >= 4 is 35.4 Å². The SMILES string of the molecule is O=C(O)C1[C@@H](CC2CCN(Cl)CC2)C(=O)N1C(=O)Nc1ccccc1. The van der Waals surface area contributed by atoms with E-state index in [1.54, 1.807) is 34.8 Å². The van der Waals surface area contributed by atoms with Crippen molar-refractivity contribution in [3.63, 3.8) is 0 Å². The number of nitrogens with one attached hydrogen (secondary N) is 1. The first-order valence-corrected chi connectivity index (χ1v) is 8.64. The maximum atomic E-state index is 12.4. The lowest BCUT2D eigenvalue weighted by Crippen LogP contribution is -2.67. The molecule has 25 heavy (non-hydrogen) atoms. The first-order chi connectivity index (χ1) is 12.0. The second kappa shape index (κ2) is 7.41. The van der Waals surface area contributed by atoms with Gasteiger partial charge in [0.15, 0.2) is 6.04 Å². The largest absolute Gasteiger partial charge is 0.480 e. The van der Waals surface area contributed by atoms with E-state index < -0.39 is 29.9 Å². The highest BCUT2D eigenvalue weighted by Gasteiger charge is 2.55. The smallest absolute Gasteiger partial charge is 0.329 e. The number of piperidine rings is 1. The molecule has 0 radical (unpaired) electrons. The molecule has 2 saturated heterocycles. The van der Waals surface area contributed by atoms with E-state index in [9.17, 15) is 19.5 Å². The minimum absolute atomic E-state index is 0.255. The van der Waals surface area contributed by atoms with Crippen molar-refractivity contribution in [2.24, 2.45) is 11.8 Å². The van der Waals surface area contributed by atoms with Gasteiger partial charge in [-0.2, -0.15) is 0 Å². The van der Waals surface area contributed by atoms with Crippen molar-refractivity contribution in [2.45, 2.75) is 25.3 Å². The molecule has 1 aromatic rings. The van der Waals surface area contributed by atoms with Crippen molar-refractivity contribution in [3.05, 3.63) is 30.3 Å². The third-order valence-corrected chi connectivity index (χ3v) is 5.20. The maximum absolute atomic E-state index is 12.4. The van der Waals surface area contributed by atoms with Gasteiger partial charge in [-0.25, -0.2) is 18.9 Å². The third-order valence-electron chi connectivity index (χ3n) is 4.86. The Balaban J connectivity index is 1.64. The Bertz CT molecular complexity index is 661. The number of amides is 3. The standard InChI is InChI=1S/C17H20ClN3O4/c18-20-8-6-11(7-9-20)10-13-14(16(23)24)21(15(13)22)17(25)19-12-4-2-1-3-5-12/h1-5,11,13-14H,6-10H2,(H,19,25)(H,23,24)/t13-,14?/m1/s1. The summed E-state index contributed by atoms with van der Waals surface area (Å²) in [4.78, 5) is 37.1. The molecule has 7 nitrogen and oxygen atoms in total. The van der Waals surface area contributed by atoms with Crippen LogP contribution in [0, 0.1) is 11.8 Å². The van der Waals surface area contributed by atoms with E-state index in [4.69, 9.17) is 11.8 Å². The molecule has 0 saturated carbocycles. The van der Waals surface area contributed by atoms with Crippen molar-refractivity contribution in [1.29, 1.82) is 0 Å². The van der Waals surface area contributed by atoms with Crippen LogP contribution in [0.4, 0.5) is 10.5 Å². The number of anilines is 1. The number of likely N-dealkylation sites (tertiary alicyclic amines) is 1. The van der Waals surface area contributed by atoms with Crippen molar-refractivity contribution in [2.75, 3.05) is 18.4 Å². The van der Waals surface area contributed by atoms with E-state index in [0.29, 0.717) is 12.1 Å². The Morgan fingerprint density at radius 1 is 1.20 bits per heavy atom. The van der Waals surface area contributed by atoms with Crippen molar-refractivity contribution in [1.82, 2.24) is 9.32 Å². The zero-order valence-electron chi connectivity index (χ0n) is 13.6. The van der Waals surface area contributed by atoms with E-state index in [1.165, 1.54) is 0 Å². The molecule has 0 spiro atoms. The van der Waals surface area contributed by atoms with Crippen LogP contribution in [0.3, 0.4) is 0 Å². The summed E-state index contributed by atoms with van der Waals surface area (Å²) in [6.45, 7) is 1.45. The number of carboxylic acid groups (broad SMARTS) is 1. The number of urea groups is 1. The second-order valence-electron chi connectivity index (χ2n) is 6.48. The molecule has 2 aliphatic heterocycles. The summed E-state index contributed by atoms with van der Waals surface area (Å²) < 4.78 is 1.70. The fourth-order valence-corrected chi connectivity index (χ4v) is 3.68. The van der Waals surface area contributed by atoms with Gasteiger partial charge in [0.2, 0.25) is 5.91 Å². The molecule has 1 aromatic carbocycles. The summed E-state index contributed by atoms with van der Waals surface area (Å²) in [5, 5.41) is 12.0. The first-order valence-electron chi connectivity index (χ1n) is 8.30. The summed E-state index contributed by atoms with van der Waals surface area (Å²) in [7, 11) is 0. The minimum atomic E-state index is -1.15. The number of imide groups is 1. The van der Waals surface area contributed by atoms with E-state index in [0.717, 1.165) is 30.8 Å². The van der Waals surface area contributed by atoms with Crippen LogP contribution in [0.25, 0.3) is 0 Å². The van der Waals surface area contributed by atoms with Crippen LogP contribution >= 0.6 is 11.8 Å². The van der Waals surface area contributed by atoms with Gasteiger partial charge in [-0.15, -0.1) is 0 Å². The van der Waals surface area contributed by atoms with Gasteiger partial charge in [0.25, 0.3) is 0 Å². The number of β-lactam (4-membered cyclic amide) rings is 1. The molecule has 8 heteroatoms. The number of carbonyl (C=O) groups excluding carboxylic acids is 2. The van der Waals surface area contributed by atoms with Crippen LogP contribution in [0.15, 0.2) is 30.3 Å². The average molecular weight is 366 g/mol. The second-order valence-corrected chi connectivity index (χ2v) is 6.96. The van der Waals surface area contributed by atoms with Crippen LogP contribution in [0.5, 0.6) is 0 Å².